The van der Waals surface area contributed by atoms with Crippen LogP contribution < -0.4 is 4.74 Å². The Hall–Kier alpha value is -1.35. The predicted octanol–water partition coefficient (Wildman–Crippen LogP) is 3.77. The number of hydrogen-bond donors (Lipinski definition) is 0. The third-order valence-corrected chi connectivity index (χ3v) is 3.04. The molecule has 1 aromatic carbocycles. The number of ether oxygens (including phenoxy) is 1. The molecule has 0 N–H and O–H groups in total. The highest BCUT2D eigenvalue weighted by Crippen LogP contribution is 2.22. The Balaban J connectivity index is 1.92. The summed E-state index contributed by atoms with van der Waals surface area (Å²) in [6.07, 6.45) is 4.51. The molecule has 88 valence electrons. The molecular formula is C14H14BrNO. The second-order valence-electron chi connectivity index (χ2n) is 3.86. The summed E-state index contributed by atoms with van der Waals surface area (Å²) in [5, 5.41) is 0. The number of nitrogens with zero attached hydrogens (tertiary/aromatic N) is 1. The first-order valence-electron chi connectivity index (χ1n) is 5.53. The molecule has 2 nitrogen and oxygen atoms in total. The van der Waals surface area contributed by atoms with Gasteiger partial charge in [0.1, 0.15) is 5.75 Å². The minimum atomic E-state index is 0.682. The molecule has 2 aromatic rings. The van der Waals surface area contributed by atoms with Gasteiger partial charge < -0.3 is 4.74 Å². The minimum absolute atomic E-state index is 0.682. The van der Waals surface area contributed by atoms with E-state index in [-0.39, 0.29) is 0 Å². The third kappa shape index (κ3) is 3.56. The van der Waals surface area contributed by atoms with Gasteiger partial charge in [0.15, 0.2) is 0 Å². The minimum Gasteiger partial charge on any atom is -0.493 e. The van der Waals surface area contributed by atoms with Crippen LogP contribution in [0.4, 0.5) is 0 Å². The summed E-state index contributed by atoms with van der Waals surface area (Å²) in [5.41, 5.74) is 2.40. The fourth-order valence-corrected chi connectivity index (χ4v) is 1.90. The fourth-order valence-electron chi connectivity index (χ4n) is 1.56. The molecule has 0 atom stereocenters. The second-order valence-corrected chi connectivity index (χ2v) is 4.78. The molecule has 0 amide bonds. The molecule has 1 aromatic heterocycles. The molecule has 0 aliphatic heterocycles. The van der Waals surface area contributed by atoms with Gasteiger partial charge >= 0.3 is 0 Å². The Bertz CT molecular complexity index is 485. The molecule has 0 fully saturated rings. The van der Waals surface area contributed by atoms with Crippen molar-refractivity contribution >= 4 is 15.9 Å². The van der Waals surface area contributed by atoms with Crippen molar-refractivity contribution in [1.82, 2.24) is 4.98 Å². The van der Waals surface area contributed by atoms with E-state index < -0.39 is 0 Å². The predicted molar refractivity (Wildman–Crippen MR) is 72.3 cm³/mol. The number of pyridine rings is 1. The molecule has 0 aliphatic rings. The highest BCUT2D eigenvalue weighted by Gasteiger charge is 2.00. The molecule has 0 spiro atoms. The van der Waals surface area contributed by atoms with E-state index in [9.17, 15) is 0 Å². The van der Waals surface area contributed by atoms with Gasteiger partial charge in [0.05, 0.1) is 6.61 Å². The Kier molecular flexibility index (Phi) is 4.15. The number of rotatable bonds is 4. The molecule has 17 heavy (non-hydrogen) atoms. The number of aryl methyl sites for hydroxylation is 1. The van der Waals surface area contributed by atoms with Gasteiger partial charge in [-0.1, -0.05) is 22.0 Å². The quantitative estimate of drug-likeness (QED) is 0.855. The van der Waals surface area contributed by atoms with Crippen molar-refractivity contribution in [3.63, 3.8) is 0 Å². The van der Waals surface area contributed by atoms with E-state index in [1.807, 2.05) is 37.3 Å². The van der Waals surface area contributed by atoms with Gasteiger partial charge in [-0.2, -0.15) is 0 Å². The lowest BCUT2D eigenvalue weighted by Crippen LogP contribution is -2.02. The van der Waals surface area contributed by atoms with Gasteiger partial charge in [-0.25, -0.2) is 0 Å². The maximum atomic E-state index is 5.77. The summed E-state index contributed by atoms with van der Waals surface area (Å²) >= 11 is 3.44. The van der Waals surface area contributed by atoms with Gasteiger partial charge in [0.25, 0.3) is 0 Å². The molecule has 0 unspecified atom stereocenters. The molecule has 0 aliphatic carbocycles. The van der Waals surface area contributed by atoms with Gasteiger partial charge in [0, 0.05) is 23.3 Å². The van der Waals surface area contributed by atoms with Crippen LogP contribution in [0.1, 0.15) is 11.1 Å². The summed E-state index contributed by atoms with van der Waals surface area (Å²) in [5.74, 6) is 0.938. The zero-order valence-corrected chi connectivity index (χ0v) is 11.3. The third-order valence-electron chi connectivity index (χ3n) is 2.55. The lowest BCUT2D eigenvalue weighted by molar-refractivity contribution is 0.319. The van der Waals surface area contributed by atoms with Gasteiger partial charge in [-0.15, -0.1) is 0 Å². The van der Waals surface area contributed by atoms with Crippen molar-refractivity contribution in [3.8, 4) is 5.75 Å². The topological polar surface area (TPSA) is 22.1 Å². The monoisotopic (exact) mass is 291 g/mol. The lowest BCUT2D eigenvalue weighted by Gasteiger charge is -2.09. The molecule has 0 saturated heterocycles. The van der Waals surface area contributed by atoms with Crippen molar-refractivity contribution < 1.29 is 4.74 Å². The first-order valence-corrected chi connectivity index (χ1v) is 6.33. The Morgan fingerprint density at radius 1 is 1.18 bits per heavy atom. The van der Waals surface area contributed by atoms with E-state index in [4.69, 9.17) is 4.74 Å². The van der Waals surface area contributed by atoms with E-state index in [1.165, 1.54) is 5.56 Å². The van der Waals surface area contributed by atoms with Crippen LogP contribution in [0.25, 0.3) is 0 Å². The zero-order chi connectivity index (χ0) is 12.1. The normalized spacial score (nSPS) is 10.2. The van der Waals surface area contributed by atoms with Crippen molar-refractivity contribution in [2.75, 3.05) is 6.61 Å². The maximum absolute atomic E-state index is 5.77. The molecule has 0 radical (unpaired) electrons. The van der Waals surface area contributed by atoms with Crippen LogP contribution in [-0.2, 0) is 6.42 Å². The van der Waals surface area contributed by atoms with Crippen LogP contribution in [0.15, 0.2) is 47.2 Å². The summed E-state index contributed by atoms with van der Waals surface area (Å²) in [6.45, 7) is 2.73. The second kappa shape index (κ2) is 5.82. The van der Waals surface area contributed by atoms with Gasteiger partial charge in [-0.05, 0) is 42.3 Å². The van der Waals surface area contributed by atoms with E-state index in [2.05, 4.69) is 20.9 Å². The highest BCUT2D eigenvalue weighted by molar-refractivity contribution is 9.10. The van der Waals surface area contributed by atoms with Crippen LogP contribution in [-0.4, -0.2) is 11.6 Å². The van der Waals surface area contributed by atoms with Crippen molar-refractivity contribution in [2.24, 2.45) is 0 Å². The Labute approximate surface area is 110 Å². The lowest BCUT2D eigenvalue weighted by atomic mass is 10.2. The molecule has 2 rings (SSSR count). The number of benzene rings is 1. The van der Waals surface area contributed by atoms with Crippen molar-refractivity contribution in [2.45, 2.75) is 13.3 Å². The Morgan fingerprint density at radius 3 is 2.71 bits per heavy atom. The summed E-state index contributed by atoms with van der Waals surface area (Å²) in [6, 6.07) is 10.1. The number of halogens is 1. The van der Waals surface area contributed by atoms with Crippen LogP contribution in [0, 0.1) is 6.92 Å². The van der Waals surface area contributed by atoms with Crippen LogP contribution in [0.5, 0.6) is 5.75 Å². The summed E-state index contributed by atoms with van der Waals surface area (Å²) < 4.78 is 6.81. The van der Waals surface area contributed by atoms with Crippen molar-refractivity contribution in [3.05, 3.63) is 58.3 Å². The van der Waals surface area contributed by atoms with E-state index in [1.54, 1.807) is 12.4 Å². The van der Waals surface area contributed by atoms with E-state index >= 15 is 0 Å². The Morgan fingerprint density at radius 2 is 1.94 bits per heavy atom. The van der Waals surface area contributed by atoms with Crippen LogP contribution in [0.2, 0.25) is 0 Å². The molecule has 3 heteroatoms. The number of aromatic nitrogens is 1. The highest BCUT2D eigenvalue weighted by atomic mass is 79.9. The van der Waals surface area contributed by atoms with Crippen molar-refractivity contribution in [1.29, 1.82) is 0 Å². The summed E-state index contributed by atoms with van der Waals surface area (Å²) in [4.78, 5) is 3.99. The van der Waals surface area contributed by atoms with Crippen LogP contribution in [0.3, 0.4) is 0 Å². The molecule has 1 heterocycles. The first kappa shape index (κ1) is 12.1. The first-order chi connectivity index (χ1) is 8.25. The standard InChI is InChI=1S/C14H14BrNO/c1-11-2-3-13(15)10-14(11)17-9-6-12-4-7-16-8-5-12/h2-5,7-8,10H,6,9H2,1H3. The fraction of sp³-hybridized carbons (Fsp3) is 0.214. The van der Waals surface area contributed by atoms with Crippen LogP contribution >= 0.6 is 15.9 Å². The molecule has 0 saturated carbocycles. The van der Waals surface area contributed by atoms with Gasteiger partial charge in [0.2, 0.25) is 0 Å². The SMILES string of the molecule is Cc1ccc(Br)cc1OCCc1ccncc1. The maximum Gasteiger partial charge on any atom is 0.123 e. The number of hydrogen-bond acceptors (Lipinski definition) is 2. The zero-order valence-electron chi connectivity index (χ0n) is 9.69. The smallest absolute Gasteiger partial charge is 0.123 e. The van der Waals surface area contributed by atoms with E-state index in [0.717, 1.165) is 22.2 Å². The van der Waals surface area contributed by atoms with Gasteiger partial charge in [-0.3, -0.25) is 4.98 Å². The largest absolute Gasteiger partial charge is 0.493 e. The average molecular weight is 292 g/mol. The van der Waals surface area contributed by atoms with E-state index in [0.29, 0.717) is 6.61 Å². The molecule has 0 bridgehead atoms. The average Bonchev–Trinajstić information content (AvgIpc) is 2.35. The molecular weight excluding hydrogens is 278 g/mol. The summed E-state index contributed by atoms with van der Waals surface area (Å²) in [7, 11) is 0.